The van der Waals surface area contributed by atoms with Gasteiger partial charge in [0.25, 0.3) is 0 Å². The summed E-state index contributed by atoms with van der Waals surface area (Å²) in [6.07, 6.45) is 3.16. The minimum atomic E-state index is -0.272. The van der Waals surface area contributed by atoms with E-state index in [4.69, 9.17) is 28.6 Å². The molecule has 0 aliphatic heterocycles. The third kappa shape index (κ3) is 7.14. The summed E-state index contributed by atoms with van der Waals surface area (Å²) in [4.78, 5) is 8.27. The van der Waals surface area contributed by atoms with Gasteiger partial charge in [-0.2, -0.15) is 5.16 Å². The minimum Gasteiger partial charge on any atom is -0.871 e. The van der Waals surface area contributed by atoms with Gasteiger partial charge in [0.05, 0.1) is 12.2 Å². The molecular weight excluding hydrogens is 393 g/mol. The Labute approximate surface area is 154 Å². The molecule has 4 nitrogen and oxygen atoms in total. The predicted molar refractivity (Wildman–Crippen MR) is 87.4 cm³/mol. The number of nitrogens with zero attached hydrogens (tertiary/aromatic N) is 3. The van der Waals surface area contributed by atoms with Gasteiger partial charge in [-0.3, -0.25) is 9.98 Å². The second-order valence-electron chi connectivity index (χ2n) is 3.69. The molecule has 0 saturated heterocycles. The predicted octanol–water partition coefficient (Wildman–Crippen LogP) is 3.74. The Morgan fingerprint density at radius 2 is 2.05 bits per heavy atom. The SMILES string of the molecule is [Cu+2].[N-]=C=S.[O-]c1c(Cl)cc(Cl)cc1C=NCc1ccccn1. The summed E-state index contributed by atoms with van der Waals surface area (Å²) >= 11 is 15.3. The Hall–Kier alpha value is -1.26. The monoisotopic (exact) mass is 400 g/mol. The summed E-state index contributed by atoms with van der Waals surface area (Å²) in [5.74, 6) is -0.272. The van der Waals surface area contributed by atoms with E-state index in [0.29, 0.717) is 17.1 Å². The molecule has 0 atom stereocenters. The maximum absolute atomic E-state index is 11.7. The van der Waals surface area contributed by atoms with Crippen LogP contribution >= 0.6 is 35.4 Å². The normalized spacial score (nSPS) is 9.36. The zero-order chi connectivity index (χ0) is 15.7. The van der Waals surface area contributed by atoms with Crippen LogP contribution in [-0.2, 0) is 23.6 Å². The van der Waals surface area contributed by atoms with Crippen LogP contribution < -0.4 is 5.11 Å². The van der Waals surface area contributed by atoms with Crippen LogP contribution in [0, 0.1) is 0 Å². The smallest absolute Gasteiger partial charge is 0.871 e. The van der Waals surface area contributed by atoms with Gasteiger partial charge < -0.3 is 10.5 Å². The molecule has 8 heteroatoms. The topological polar surface area (TPSA) is 70.6 Å². The van der Waals surface area contributed by atoms with Crippen molar-refractivity contribution >= 4 is 46.8 Å². The van der Waals surface area contributed by atoms with Gasteiger partial charge in [-0.15, -0.1) is 0 Å². The minimum absolute atomic E-state index is 0. The fraction of sp³-hybridized carbons (Fsp3) is 0.0714. The van der Waals surface area contributed by atoms with Crippen LogP contribution in [0.2, 0.25) is 10.0 Å². The van der Waals surface area contributed by atoms with Gasteiger partial charge in [-0.25, -0.2) is 0 Å². The van der Waals surface area contributed by atoms with E-state index in [9.17, 15) is 5.11 Å². The third-order valence-electron chi connectivity index (χ3n) is 2.25. The Kier molecular flexibility index (Phi) is 10.7. The number of rotatable bonds is 3. The molecule has 0 aliphatic carbocycles. The van der Waals surface area contributed by atoms with Crippen molar-refractivity contribution in [2.45, 2.75) is 6.54 Å². The fourth-order valence-electron chi connectivity index (χ4n) is 1.41. The third-order valence-corrected chi connectivity index (χ3v) is 2.75. The van der Waals surface area contributed by atoms with Crippen molar-refractivity contribution in [3.05, 3.63) is 63.2 Å². The maximum atomic E-state index is 11.7. The van der Waals surface area contributed by atoms with E-state index < -0.39 is 0 Å². The molecule has 2 aromatic rings. The summed E-state index contributed by atoms with van der Waals surface area (Å²) < 4.78 is 0. The van der Waals surface area contributed by atoms with Crippen molar-refractivity contribution in [1.82, 2.24) is 4.98 Å². The largest absolute Gasteiger partial charge is 2.00 e. The number of benzene rings is 1. The molecule has 0 fully saturated rings. The standard InChI is InChI=1S/C13H10Cl2N2O.CNS.Cu/c14-10-5-9(13(18)12(15)6-10)7-16-8-11-3-1-2-4-17-11;2-1-3;/h1-7,18H,8H2;;/q;-1;+2/p-1. The summed E-state index contributed by atoms with van der Waals surface area (Å²) in [6, 6.07) is 8.53. The van der Waals surface area contributed by atoms with E-state index in [1.54, 1.807) is 6.20 Å². The van der Waals surface area contributed by atoms with Gasteiger partial charge >= 0.3 is 17.1 Å². The Morgan fingerprint density at radius 3 is 2.64 bits per heavy atom. The van der Waals surface area contributed by atoms with Crippen molar-refractivity contribution in [2.75, 3.05) is 0 Å². The van der Waals surface area contributed by atoms with Crippen LogP contribution in [0.15, 0.2) is 41.5 Å². The van der Waals surface area contributed by atoms with E-state index in [1.807, 2.05) is 18.2 Å². The summed E-state index contributed by atoms with van der Waals surface area (Å²) in [5.41, 5.74) is 1.21. The molecule has 0 saturated carbocycles. The molecule has 0 N–H and O–H groups in total. The number of aliphatic imine (C=N–C) groups is 1. The van der Waals surface area contributed by atoms with Crippen LogP contribution in [0.3, 0.4) is 0 Å². The first-order valence-electron chi connectivity index (χ1n) is 5.65. The van der Waals surface area contributed by atoms with Crippen molar-refractivity contribution < 1.29 is 22.2 Å². The molecule has 2 rings (SSSR count). The van der Waals surface area contributed by atoms with Crippen LogP contribution in [0.4, 0.5) is 0 Å². The first-order valence-corrected chi connectivity index (χ1v) is 6.82. The Bertz CT molecular complexity index is 663. The van der Waals surface area contributed by atoms with Gasteiger partial charge in [-0.05, 0) is 29.8 Å². The first kappa shape index (κ1) is 20.7. The molecule has 0 aliphatic rings. The average Bonchev–Trinajstić information content (AvgIpc) is 2.46. The molecule has 117 valence electrons. The second kappa shape index (κ2) is 11.3. The first-order chi connectivity index (χ1) is 10.1. The van der Waals surface area contributed by atoms with Crippen molar-refractivity contribution in [3.8, 4) is 5.75 Å². The van der Waals surface area contributed by atoms with Gasteiger partial charge in [0.15, 0.2) is 0 Å². The molecule has 1 aromatic heterocycles. The molecule has 0 spiro atoms. The Balaban J connectivity index is 0.00000102. The molecule has 0 unspecified atom stereocenters. The summed E-state index contributed by atoms with van der Waals surface area (Å²) in [5, 5.41) is 20.6. The van der Waals surface area contributed by atoms with Gasteiger partial charge in [0.1, 0.15) is 0 Å². The fourth-order valence-corrected chi connectivity index (χ4v) is 1.91. The average molecular weight is 402 g/mol. The molecule has 1 heterocycles. The maximum Gasteiger partial charge on any atom is 2.00 e. The van der Waals surface area contributed by atoms with Crippen LogP contribution in [-0.4, -0.2) is 16.4 Å². The number of isothiocyanates is 1. The van der Waals surface area contributed by atoms with E-state index in [1.165, 1.54) is 23.5 Å². The molecular formula is C14H9Cl2CuN3OS. The van der Waals surface area contributed by atoms with Crippen molar-refractivity contribution in [1.29, 1.82) is 0 Å². The molecule has 1 radical (unpaired) electrons. The number of pyridine rings is 1. The zero-order valence-electron chi connectivity index (χ0n) is 11.0. The molecule has 1 aromatic carbocycles. The number of hydrogen-bond acceptors (Lipinski definition) is 4. The zero-order valence-corrected chi connectivity index (χ0v) is 14.2. The van der Waals surface area contributed by atoms with Crippen LogP contribution in [0.25, 0.3) is 5.41 Å². The Morgan fingerprint density at radius 1 is 1.36 bits per heavy atom. The molecule has 0 amide bonds. The number of hydrogen-bond donors (Lipinski definition) is 0. The summed E-state index contributed by atoms with van der Waals surface area (Å²) in [6.45, 7) is 0.407. The molecule has 22 heavy (non-hydrogen) atoms. The van der Waals surface area contributed by atoms with Gasteiger partial charge in [-0.1, -0.05) is 47.2 Å². The van der Waals surface area contributed by atoms with E-state index >= 15 is 0 Å². The summed E-state index contributed by atoms with van der Waals surface area (Å²) in [7, 11) is 0. The quantitative estimate of drug-likeness (QED) is 0.447. The van der Waals surface area contributed by atoms with Crippen LogP contribution in [0.5, 0.6) is 5.75 Å². The second-order valence-corrected chi connectivity index (χ2v) is 4.71. The van der Waals surface area contributed by atoms with Gasteiger partial charge in [0, 0.05) is 22.5 Å². The van der Waals surface area contributed by atoms with Crippen molar-refractivity contribution in [3.63, 3.8) is 0 Å². The number of aromatic nitrogens is 1. The van der Waals surface area contributed by atoms with Crippen molar-refractivity contribution in [2.24, 2.45) is 4.99 Å². The van der Waals surface area contributed by atoms with E-state index in [-0.39, 0.29) is 27.8 Å². The number of halogens is 2. The van der Waals surface area contributed by atoms with Crippen LogP contribution in [0.1, 0.15) is 11.3 Å². The molecule has 0 bridgehead atoms. The number of thiocarbonyl (C=S) groups is 1. The van der Waals surface area contributed by atoms with E-state index in [2.05, 4.69) is 22.2 Å². The van der Waals surface area contributed by atoms with E-state index in [0.717, 1.165) is 5.69 Å². The van der Waals surface area contributed by atoms with Gasteiger partial charge in [0.2, 0.25) is 0 Å².